The molecule has 7 nitrogen and oxygen atoms in total. The van der Waals surface area contributed by atoms with Crippen LogP contribution in [0.1, 0.15) is 24.8 Å². The van der Waals surface area contributed by atoms with E-state index in [1.807, 2.05) is 77.8 Å². The van der Waals surface area contributed by atoms with E-state index < -0.39 is 0 Å². The molecule has 0 unspecified atom stereocenters. The van der Waals surface area contributed by atoms with Gasteiger partial charge in [-0.1, -0.05) is 24.3 Å². The number of benzene rings is 2. The highest BCUT2D eigenvalue weighted by molar-refractivity contribution is 5.89. The number of amides is 2. The normalized spacial score (nSPS) is 10.8. The Labute approximate surface area is 211 Å². The molecule has 0 saturated carbocycles. The summed E-state index contributed by atoms with van der Waals surface area (Å²) in [6, 6.07) is 22.6. The van der Waals surface area contributed by atoms with Crippen LogP contribution < -0.4 is 15.6 Å². The van der Waals surface area contributed by atoms with Gasteiger partial charge in [0.1, 0.15) is 5.75 Å². The zero-order valence-corrected chi connectivity index (χ0v) is 20.6. The Morgan fingerprint density at radius 2 is 1.83 bits per heavy atom. The largest absolute Gasteiger partial charge is 0.494 e. The minimum Gasteiger partial charge on any atom is -0.494 e. The van der Waals surface area contributed by atoms with E-state index in [9.17, 15) is 9.59 Å². The average Bonchev–Trinajstić information content (AvgIpc) is 2.91. The molecule has 7 heteroatoms. The Morgan fingerprint density at radius 3 is 2.64 bits per heavy atom. The van der Waals surface area contributed by atoms with Crippen LogP contribution in [-0.2, 0) is 13.5 Å². The van der Waals surface area contributed by atoms with Crippen LogP contribution in [0.2, 0.25) is 0 Å². The van der Waals surface area contributed by atoms with Crippen molar-refractivity contribution in [2.24, 2.45) is 7.05 Å². The van der Waals surface area contributed by atoms with Crippen LogP contribution >= 0.6 is 0 Å². The number of hydrogen-bond acceptors (Lipinski definition) is 4. The summed E-state index contributed by atoms with van der Waals surface area (Å²) in [6.45, 7) is 1.90. The molecule has 186 valence electrons. The highest BCUT2D eigenvalue weighted by atomic mass is 16.5. The van der Waals surface area contributed by atoms with Crippen LogP contribution in [0.5, 0.6) is 5.75 Å². The van der Waals surface area contributed by atoms with Gasteiger partial charge in [-0.2, -0.15) is 0 Å². The summed E-state index contributed by atoms with van der Waals surface area (Å²) in [5, 5.41) is 3.97. The number of rotatable bonds is 11. The van der Waals surface area contributed by atoms with Gasteiger partial charge in [-0.05, 0) is 73.7 Å². The third kappa shape index (κ3) is 6.95. The molecule has 0 atom stereocenters. The fraction of sp³-hybridized carbons (Fsp3) is 0.276. The molecule has 36 heavy (non-hydrogen) atoms. The van der Waals surface area contributed by atoms with Crippen molar-refractivity contribution in [3.8, 4) is 5.75 Å². The fourth-order valence-corrected chi connectivity index (χ4v) is 4.07. The minimum absolute atomic E-state index is 0.0249. The summed E-state index contributed by atoms with van der Waals surface area (Å²) in [6.07, 6.45) is 7.08. The van der Waals surface area contributed by atoms with Gasteiger partial charge in [0.15, 0.2) is 0 Å². The lowest BCUT2D eigenvalue weighted by Gasteiger charge is -2.23. The lowest BCUT2D eigenvalue weighted by molar-refractivity contribution is 0.210. The van der Waals surface area contributed by atoms with Crippen LogP contribution in [0.15, 0.2) is 90.0 Å². The summed E-state index contributed by atoms with van der Waals surface area (Å²) in [7, 11) is 1.77. The van der Waals surface area contributed by atoms with Gasteiger partial charge in [0.25, 0.3) is 5.56 Å². The lowest BCUT2D eigenvalue weighted by atomic mass is 10.2. The summed E-state index contributed by atoms with van der Waals surface area (Å²) in [5.74, 6) is 0.793. The van der Waals surface area contributed by atoms with E-state index >= 15 is 0 Å². The quantitative estimate of drug-likeness (QED) is 0.295. The van der Waals surface area contributed by atoms with E-state index in [0.717, 1.165) is 53.6 Å². The van der Waals surface area contributed by atoms with Crippen molar-refractivity contribution in [2.75, 3.05) is 25.0 Å². The van der Waals surface area contributed by atoms with Gasteiger partial charge in [-0.3, -0.25) is 9.78 Å². The number of pyridine rings is 2. The number of unbranched alkanes of at least 4 members (excludes halogenated alkanes) is 2. The highest BCUT2D eigenvalue weighted by Gasteiger charge is 2.13. The number of nitrogens with one attached hydrogen (secondary N) is 1. The number of anilines is 1. The van der Waals surface area contributed by atoms with Crippen LogP contribution in [0.25, 0.3) is 10.9 Å². The van der Waals surface area contributed by atoms with Gasteiger partial charge in [-0.15, -0.1) is 0 Å². The minimum atomic E-state index is -0.0908. The maximum Gasteiger partial charge on any atom is 0.321 e. The molecule has 0 saturated heterocycles. The number of carbonyl (C=O) groups excluding carboxylic acids is 1. The first-order chi connectivity index (χ1) is 17.6. The number of fused-ring (bicyclic) bond motifs is 1. The number of nitrogens with zero attached hydrogens (tertiary/aromatic N) is 3. The molecule has 0 aliphatic heterocycles. The van der Waals surface area contributed by atoms with Crippen molar-refractivity contribution >= 4 is 22.6 Å². The van der Waals surface area contributed by atoms with Crippen molar-refractivity contribution in [2.45, 2.75) is 25.7 Å². The second-order valence-corrected chi connectivity index (χ2v) is 8.75. The van der Waals surface area contributed by atoms with Crippen molar-refractivity contribution in [1.29, 1.82) is 0 Å². The maximum absolute atomic E-state index is 12.9. The van der Waals surface area contributed by atoms with Crippen molar-refractivity contribution in [3.63, 3.8) is 0 Å². The molecular formula is C29H32N4O3. The second-order valence-electron chi connectivity index (χ2n) is 8.75. The molecule has 4 rings (SSSR count). The Kier molecular flexibility index (Phi) is 8.70. The topological polar surface area (TPSA) is 76.5 Å². The van der Waals surface area contributed by atoms with Crippen molar-refractivity contribution in [3.05, 3.63) is 101 Å². The smallest absolute Gasteiger partial charge is 0.321 e. The summed E-state index contributed by atoms with van der Waals surface area (Å²) >= 11 is 0. The monoisotopic (exact) mass is 484 g/mol. The highest BCUT2D eigenvalue weighted by Crippen LogP contribution is 2.19. The first-order valence-electron chi connectivity index (χ1n) is 12.3. The molecule has 2 aromatic carbocycles. The number of aryl methyl sites for hydroxylation is 1. The number of para-hydroxylation sites is 1. The van der Waals surface area contributed by atoms with E-state index in [2.05, 4.69) is 10.3 Å². The molecule has 2 heterocycles. The average molecular weight is 485 g/mol. The predicted octanol–water partition coefficient (Wildman–Crippen LogP) is 5.26. The van der Waals surface area contributed by atoms with Gasteiger partial charge >= 0.3 is 6.03 Å². The first-order valence-corrected chi connectivity index (χ1v) is 12.3. The Morgan fingerprint density at radius 1 is 0.972 bits per heavy atom. The molecule has 2 aromatic heterocycles. The number of urea groups is 1. The number of carbonyl (C=O) groups is 1. The van der Waals surface area contributed by atoms with Gasteiger partial charge in [0, 0.05) is 49.7 Å². The molecule has 0 aliphatic rings. The fourth-order valence-electron chi connectivity index (χ4n) is 4.07. The molecule has 1 N–H and O–H groups in total. The Balaban J connectivity index is 1.25. The zero-order chi connectivity index (χ0) is 25.2. The van der Waals surface area contributed by atoms with Crippen LogP contribution in [0.3, 0.4) is 0 Å². The molecular weight excluding hydrogens is 452 g/mol. The summed E-state index contributed by atoms with van der Waals surface area (Å²) in [5.41, 5.74) is 2.76. The molecule has 0 spiro atoms. The third-order valence-electron chi connectivity index (χ3n) is 6.14. The predicted molar refractivity (Wildman–Crippen MR) is 144 cm³/mol. The number of ether oxygens (including phenoxy) is 1. The van der Waals surface area contributed by atoms with Crippen molar-refractivity contribution in [1.82, 2.24) is 14.5 Å². The van der Waals surface area contributed by atoms with E-state index in [4.69, 9.17) is 4.74 Å². The maximum atomic E-state index is 12.9. The van der Waals surface area contributed by atoms with Gasteiger partial charge in [0.2, 0.25) is 0 Å². The SMILES string of the molecule is Cn1c(=O)ccc2cc(OCCCCCN(CCc3cccnc3)C(=O)Nc3ccccc3)ccc21. The van der Waals surface area contributed by atoms with Crippen LogP contribution in [0.4, 0.5) is 10.5 Å². The molecule has 0 aliphatic carbocycles. The van der Waals surface area contributed by atoms with E-state index in [1.165, 1.54) is 0 Å². The Bertz CT molecular complexity index is 1320. The Hall–Kier alpha value is -4.13. The molecule has 4 aromatic rings. The van der Waals surface area contributed by atoms with Gasteiger partial charge < -0.3 is 19.5 Å². The van der Waals surface area contributed by atoms with E-state index in [-0.39, 0.29) is 11.6 Å². The number of hydrogen-bond donors (Lipinski definition) is 1. The van der Waals surface area contributed by atoms with E-state index in [0.29, 0.717) is 19.7 Å². The lowest BCUT2D eigenvalue weighted by Crippen LogP contribution is -2.37. The molecule has 0 bridgehead atoms. The third-order valence-corrected chi connectivity index (χ3v) is 6.14. The standard InChI is InChI=1S/C29H32N4O3/c1-32-27-14-13-26(21-24(27)12-15-28(32)34)36-20-7-3-6-18-33(19-16-23-9-8-17-30-22-23)29(35)31-25-10-4-2-5-11-25/h2,4-5,8-15,17,21-22H,3,6-7,16,18-20H2,1H3,(H,31,35). The van der Waals surface area contributed by atoms with E-state index in [1.54, 1.807) is 23.9 Å². The molecule has 0 fully saturated rings. The van der Waals surface area contributed by atoms with Crippen LogP contribution in [-0.4, -0.2) is 40.2 Å². The van der Waals surface area contributed by atoms with Gasteiger partial charge in [-0.25, -0.2) is 4.79 Å². The molecule has 0 radical (unpaired) electrons. The number of aromatic nitrogens is 2. The summed E-state index contributed by atoms with van der Waals surface area (Å²) in [4.78, 5) is 30.8. The van der Waals surface area contributed by atoms with Crippen LogP contribution in [0, 0.1) is 0 Å². The summed E-state index contributed by atoms with van der Waals surface area (Å²) < 4.78 is 7.57. The first kappa shape index (κ1) is 25.0. The van der Waals surface area contributed by atoms with Crippen molar-refractivity contribution < 1.29 is 9.53 Å². The van der Waals surface area contributed by atoms with Gasteiger partial charge in [0.05, 0.1) is 12.1 Å². The second kappa shape index (κ2) is 12.5. The zero-order valence-electron chi connectivity index (χ0n) is 20.6. The molecule has 2 amide bonds.